The molecule has 1 rings (SSSR count). The van der Waals surface area contributed by atoms with Crippen molar-refractivity contribution >= 4 is 0 Å². The van der Waals surface area contributed by atoms with Crippen molar-refractivity contribution in [1.29, 1.82) is 0 Å². The molecular weight excluding hydrogens is 240 g/mol. The van der Waals surface area contributed by atoms with Crippen LogP contribution in [0.1, 0.15) is 18.4 Å². The van der Waals surface area contributed by atoms with Gasteiger partial charge in [-0.1, -0.05) is 12.1 Å². The first-order valence-electron chi connectivity index (χ1n) is 5.35. The summed E-state index contributed by atoms with van der Waals surface area (Å²) in [5, 5.41) is 21.4. The van der Waals surface area contributed by atoms with Crippen LogP contribution in [0.4, 0.5) is 0 Å². The molecule has 0 aliphatic carbocycles. The molecule has 0 amide bonds. The Morgan fingerprint density at radius 1 is 1.33 bits per heavy atom. The van der Waals surface area contributed by atoms with E-state index in [1.54, 1.807) is 24.3 Å². The molecule has 0 spiro atoms. The van der Waals surface area contributed by atoms with E-state index in [9.17, 15) is 20.2 Å². The zero-order valence-corrected chi connectivity index (χ0v) is 10.1. The first-order valence-corrected chi connectivity index (χ1v) is 5.35. The number of hydrogen-bond donors (Lipinski definition) is 0. The molecule has 0 aromatic heterocycles. The predicted molar refractivity (Wildman–Crippen MR) is 64.1 cm³/mol. The predicted octanol–water partition coefficient (Wildman–Crippen LogP) is 1.72. The highest BCUT2D eigenvalue weighted by Gasteiger charge is 2.32. The van der Waals surface area contributed by atoms with E-state index < -0.39 is 28.4 Å². The van der Waals surface area contributed by atoms with E-state index in [-0.39, 0.29) is 0 Å². The van der Waals surface area contributed by atoms with E-state index in [1.807, 2.05) is 0 Å². The van der Waals surface area contributed by atoms with Gasteiger partial charge in [-0.3, -0.25) is 20.2 Å². The number of methoxy groups -OCH3 is 1. The van der Waals surface area contributed by atoms with Crippen LogP contribution in [0.2, 0.25) is 0 Å². The van der Waals surface area contributed by atoms with Crippen molar-refractivity contribution in [2.75, 3.05) is 13.7 Å². The quantitative estimate of drug-likeness (QED) is 0.568. The van der Waals surface area contributed by atoms with Crippen LogP contribution in [0.3, 0.4) is 0 Å². The second kappa shape index (κ2) is 5.95. The van der Waals surface area contributed by atoms with E-state index in [2.05, 4.69) is 0 Å². The average molecular weight is 254 g/mol. The van der Waals surface area contributed by atoms with Crippen LogP contribution in [0.5, 0.6) is 5.75 Å². The fraction of sp³-hybridized carbons (Fsp3) is 0.455. The molecule has 0 saturated heterocycles. The average Bonchev–Trinajstić information content (AvgIpc) is 2.34. The van der Waals surface area contributed by atoms with Crippen LogP contribution in [0, 0.1) is 20.2 Å². The van der Waals surface area contributed by atoms with E-state index in [1.165, 1.54) is 14.0 Å². The number of rotatable bonds is 6. The van der Waals surface area contributed by atoms with Crippen molar-refractivity contribution in [2.24, 2.45) is 0 Å². The number of nitro groups is 2. The van der Waals surface area contributed by atoms with Gasteiger partial charge in [-0.05, 0) is 17.7 Å². The lowest BCUT2D eigenvalue weighted by Gasteiger charge is -2.15. The number of ether oxygens (including phenoxy) is 1. The second-order valence-corrected chi connectivity index (χ2v) is 3.92. The number of hydrogen-bond acceptors (Lipinski definition) is 5. The Bertz CT molecular complexity index is 449. The lowest BCUT2D eigenvalue weighted by molar-refractivity contribution is -0.543. The molecule has 0 heterocycles. The molecule has 2 atom stereocenters. The van der Waals surface area contributed by atoms with Crippen LogP contribution < -0.4 is 4.74 Å². The summed E-state index contributed by atoms with van der Waals surface area (Å²) in [6.45, 7) is 0.892. The molecule has 0 aliphatic rings. The largest absolute Gasteiger partial charge is 0.497 e. The molecule has 7 nitrogen and oxygen atoms in total. The fourth-order valence-corrected chi connectivity index (χ4v) is 1.72. The van der Waals surface area contributed by atoms with Crippen LogP contribution in [0.15, 0.2) is 24.3 Å². The van der Waals surface area contributed by atoms with Crippen molar-refractivity contribution < 1.29 is 14.6 Å². The lowest BCUT2D eigenvalue weighted by Crippen LogP contribution is -2.29. The van der Waals surface area contributed by atoms with Gasteiger partial charge in [0.15, 0.2) is 0 Å². The Balaban J connectivity index is 3.07. The SMILES string of the molecule is COc1cccc([C@@H](C[N+](=O)[O-])[C@H](C)[N+](=O)[O-])c1. The van der Waals surface area contributed by atoms with Gasteiger partial charge in [0.2, 0.25) is 12.6 Å². The lowest BCUT2D eigenvalue weighted by atomic mass is 9.92. The number of benzene rings is 1. The van der Waals surface area contributed by atoms with Gasteiger partial charge < -0.3 is 4.74 Å². The molecule has 0 radical (unpaired) electrons. The summed E-state index contributed by atoms with van der Waals surface area (Å²) in [6, 6.07) is 5.55. The Morgan fingerprint density at radius 3 is 2.50 bits per heavy atom. The molecule has 0 N–H and O–H groups in total. The van der Waals surface area contributed by atoms with E-state index >= 15 is 0 Å². The minimum Gasteiger partial charge on any atom is -0.497 e. The Labute approximate surface area is 104 Å². The molecule has 18 heavy (non-hydrogen) atoms. The summed E-state index contributed by atoms with van der Waals surface area (Å²) >= 11 is 0. The van der Waals surface area contributed by atoms with Crippen LogP contribution >= 0.6 is 0 Å². The third kappa shape index (κ3) is 3.41. The van der Waals surface area contributed by atoms with Gasteiger partial charge in [0.05, 0.1) is 7.11 Å². The number of nitrogens with zero attached hydrogens (tertiary/aromatic N) is 2. The molecule has 98 valence electrons. The van der Waals surface area contributed by atoms with Crippen molar-refractivity contribution in [2.45, 2.75) is 18.9 Å². The van der Waals surface area contributed by atoms with Crippen molar-refractivity contribution in [3.63, 3.8) is 0 Å². The summed E-state index contributed by atoms with van der Waals surface area (Å²) < 4.78 is 5.01. The highest BCUT2D eigenvalue weighted by Crippen LogP contribution is 2.25. The third-order valence-electron chi connectivity index (χ3n) is 2.78. The molecule has 0 aliphatic heterocycles. The smallest absolute Gasteiger partial charge is 0.223 e. The topological polar surface area (TPSA) is 95.5 Å². The van der Waals surface area contributed by atoms with Crippen LogP contribution in [-0.4, -0.2) is 29.5 Å². The zero-order valence-electron chi connectivity index (χ0n) is 10.1. The van der Waals surface area contributed by atoms with Gasteiger partial charge >= 0.3 is 0 Å². The molecule has 1 aromatic carbocycles. The zero-order chi connectivity index (χ0) is 13.7. The van der Waals surface area contributed by atoms with Gasteiger partial charge in [0.25, 0.3) is 0 Å². The summed E-state index contributed by atoms with van der Waals surface area (Å²) in [7, 11) is 1.47. The van der Waals surface area contributed by atoms with E-state index in [0.717, 1.165) is 0 Å². The summed E-state index contributed by atoms with van der Waals surface area (Å²) in [5.41, 5.74) is 0.537. The normalized spacial score (nSPS) is 13.7. The maximum absolute atomic E-state index is 10.8. The van der Waals surface area contributed by atoms with Gasteiger partial charge in [-0.25, -0.2) is 0 Å². The van der Waals surface area contributed by atoms with Crippen molar-refractivity contribution in [1.82, 2.24) is 0 Å². The monoisotopic (exact) mass is 254 g/mol. The Morgan fingerprint density at radius 2 is 2.00 bits per heavy atom. The Kier molecular flexibility index (Phi) is 4.59. The van der Waals surface area contributed by atoms with Crippen molar-refractivity contribution in [3.8, 4) is 5.75 Å². The standard InChI is InChI=1S/C11H14N2O5/c1-8(13(16)17)11(7-12(14)15)9-4-3-5-10(6-9)18-2/h3-6,8,11H,7H2,1-2H3/t8-,11-/m0/s1. The van der Waals surface area contributed by atoms with Crippen LogP contribution in [0.25, 0.3) is 0 Å². The second-order valence-electron chi connectivity index (χ2n) is 3.92. The summed E-state index contributed by atoms with van der Waals surface area (Å²) in [4.78, 5) is 20.4. The highest BCUT2D eigenvalue weighted by molar-refractivity contribution is 5.31. The highest BCUT2D eigenvalue weighted by atomic mass is 16.6. The molecule has 7 heteroatoms. The van der Waals surface area contributed by atoms with Gasteiger partial charge in [0.1, 0.15) is 11.7 Å². The molecular formula is C11H14N2O5. The van der Waals surface area contributed by atoms with Gasteiger partial charge in [-0.2, -0.15) is 0 Å². The minimum atomic E-state index is -1.03. The first kappa shape index (κ1) is 13.9. The fourth-order valence-electron chi connectivity index (χ4n) is 1.72. The van der Waals surface area contributed by atoms with Gasteiger partial charge in [0, 0.05) is 16.8 Å². The summed E-state index contributed by atoms with van der Waals surface area (Å²) in [6.07, 6.45) is 0. The van der Waals surface area contributed by atoms with E-state index in [4.69, 9.17) is 4.74 Å². The maximum Gasteiger partial charge on any atom is 0.223 e. The maximum atomic E-state index is 10.8. The summed E-state index contributed by atoms with van der Waals surface area (Å²) in [5.74, 6) is -0.249. The first-order chi connectivity index (χ1) is 8.45. The molecule has 0 fully saturated rings. The van der Waals surface area contributed by atoms with Gasteiger partial charge in [-0.15, -0.1) is 0 Å². The molecule has 0 unspecified atom stereocenters. The molecule has 0 bridgehead atoms. The third-order valence-corrected chi connectivity index (χ3v) is 2.78. The van der Waals surface area contributed by atoms with Crippen molar-refractivity contribution in [3.05, 3.63) is 50.1 Å². The minimum absolute atomic E-state index is 0.477. The van der Waals surface area contributed by atoms with E-state index in [0.29, 0.717) is 11.3 Å². The Hall–Kier alpha value is -2.18. The van der Waals surface area contributed by atoms with Crippen LogP contribution in [-0.2, 0) is 0 Å². The molecule has 0 saturated carbocycles. The molecule has 1 aromatic rings.